The molecule has 1 amide bonds. The van der Waals surface area contributed by atoms with Crippen molar-refractivity contribution in [2.75, 3.05) is 12.0 Å². The van der Waals surface area contributed by atoms with Gasteiger partial charge in [-0.1, -0.05) is 31.2 Å². The molecule has 5 nitrogen and oxygen atoms in total. The fraction of sp³-hybridized carbons (Fsp3) is 0.375. The fourth-order valence-electron chi connectivity index (χ4n) is 2.40. The Hall–Kier alpha value is -2.14. The number of nitrogens with one attached hydrogen (secondary N) is 1. The number of hydrazine groups is 1. The molecule has 3 N–H and O–H groups in total. The van der Waals surface area contributed by atoms with E-state index in [4.69, 9.17) is 5.84 Å². The van der Waals surface area contributed by atoms with Crippen LogP contribution in [0.4, 0.5) is 5.82 Å². The van der Waals surface area contributed by atoms with E-state index in [1.165, 1.54) is 0 Å². The van der Waals surface area contributed by atoms with Crippen molar-refractivity contribution in [3.63, 3.8) is 0 Å². The number of rotatable bonds is 5. The average molecular weight is 286 g/mol. The summed E-state index contributed by atoms with van der Waals surface area (Å²) >= 11 is 0. The van der Waals surface area contributed by atoms with Gasteiger partial charge >= 0.3 is 0 Å². The Kier molecular flexibility index (Phi) is 4.75. The number of benzene rings is 1. The highest BCUT2D eigenvalue weighted by atomic mass is 16.2. The average Bonchev–Trinajstić information content (AvgIpc) is 2.50. The van der Waals surface area contributed by atoms with Crippen LogP contribution in [0.5, 0.6) is 0 Å². The van der Waals surface area contributed by atoms with E-state index in [1.807, 2.05) is 49.1 Å². The maximum atomic E-state index is 12.7. The van der Waals surface area contributed by atoms with E-state index < -0.39 is 0 Å². The van der Waals surface area contributed by atoms with Crippen molar-refractivity contribution in [2.24, 2.45) is 5.84 Å². The maximum Gasteiger partial charge on any atom is 0.272 e. The van der Waals surface area contributed by atoms with Crippen molar-refractivity contribution < 1.29 is 4.79 Å². The van der Waals surface area contributed by atoms with Crippen molar-refractivity contribution in [2.45, 2.75) is 33.2 Å². The summed E-state index contributed by atoms with van der Waals surface area (Å²) in [5.74, 6) is 6.01. The number of carbonyl (C=O) groups is 1. The number of fused-ring (bicyclic) bond motifs is 1. The van der Waals surface area contributed by atoms with Crippen LogP contribution in [0, 0.1) is 0 Å². The maximum absolute atomic E-state index is 12.7. The second-order valence-corrected chi connectivity index (χ2v) is 5.31. The van der Waals surface area contributed by atoms with Gasteiger partial charge in [-0.05, 0) is 31.7 Å². The molecular weight excluding hydrogens is 264 g/mol. The Morgan fingerprint density at radius 2 is 2.10 bits per heavy atom. The second kappa shape index (κ2) is 6.54. The van der Waals surface area contributed by atoms with E-state index in [2.05, 4.69) is 17.3 Å². The van der Waals surface area contributed by atoms with Crippen LogP contribution in [0.2, 0.25) is 0 Å². The summed E-state index contributed by atoms with van der Waals surface area (Å²) < 4.78 is 0. The molecule has 0 radical (unpaired) electrons. The number of carbonyl (C=O) groups excluding carboxylic acids is 1. The van der Waals surface area contributed by atoms with Crippen molar-refractivity contribution in [1.29, 1.82) is 0 Å². The molecule has 2 aromatic rings. The van der Waals surface area contributed by atoms with Crippen LogP contribution < -0.4 is 11.3 Å². The molecule has 0 atom stereocenters. The molecule has 0 unspecified atom stereocenters. The van der Waals surface area contributed by atoms with Crippen molar-refractivity contribution in [3.05, 3.63) is 36.0 Å². The number of amides is 1. The Morgan fingerprint density at radius 3 is 2.71 bits per heavy atom. The van der Waals surface area contributed by atoms with Crippen LogP contribution in [-0.2, 0) is 0 Å². The van der Waals surface area contributed by atoms with Gasteiger partial charge in [-0.15, -0.1) is 0 Å². The normalized spacial score (nSPS) is 10.9. The predicted octanol–water partition coefficient (Wildman–Crippen LogP) is 2.78. The SMILES string of the molecule is CCCN(C(=O)c1cc2ccccc2c(NN)n1)C(C)C. The molecule has 0 spiro atoms. The standard InChI is InChI=1S/C16H22N4O/c1-4-9-20(11(2)3)16(21)14-10-12-7-5-6-8-13(12)15(18-14)19-17/h5-8,10-11H,4,9,17H2,1-3H3,(H,18,19). The summed E-state index contributed by atoms with van der Waals surface area (Å²) in [4.78, 5) is 18.9. The third-order valence-corrected chi connectivity index (χ3v) is 3.44. The Labute approximate surface area is 125 Å². The van der Waals surface area contributed by atoms with Gasteiger partial charge in [0.15, 0.2) is 0 Å². The monoisotopic (exact) mass is 286 g/mol. The highest BCUT2D eigenvalue weighted by Gasteiger charge is 2.20. The lowest BCUT2D eigenvalue weighted by Gasteiger charge is -2.26. The largest absolute Gasteiger partial charge is 0.335 e. The number of hydrogen-bond donors (Lipinski definition) is 2. The highest BCUT2D eigenvalue weighted by Crippen LogP contribution is 2.22. The molecule has 1 heterocycles. The second-order valence-electron chi connectivity index (χ2n) is 5.31. The van der Waals surface area contributed by atoms with Crippen LogP contribution in [-0.4, -0.2) is 28.4 Å². The Morgan fingerprint density at radius 1 is 1.38 bits per heavy atom. The minimum absolute atomic E-state index is 0.0610. The summed E-state index contributed by atoms with van der Waals surface area (Å²) in [6.07, 6.45) is 0.916. The molecule has 0 aliphatic heterocycles. The van der Waals surface area contributed by atoms with Gasteiger partial charge < -0.3 is 10.3 Å². The molecule has 0 bridgehead atoms. The number of aromatic nitrogens is 1. The van der Waals surface area contributed by atoms with Crippen LogP contribution in [0.25, 0.3) is 10.8 Å². The van der Waals surface area contributed by atoms with Gasteiger partial charge in [0.1, 0.15) is 11.5 Å². The molecular formula is C16H22N4O. The van der Waals surface area contributed by atoms with E-state index in [-0.39, 0.29) is 11.9 Å². The van der Waals surface area contributed by atoms with Gasteiger partial charge in [-0.3, -0.25) is 4.79 Å². The highest BCUT2D eigenvalue weighted by molar-refractivity contribution is 6.00. The number of nitrogen functional groups attached to an aromatic ring is 1. The quantitative estimate of drug-likeness (QED) is 0.655. The molecule has 112 valence electrons. The molecule has 2 rings (SSSR count). The first-order valence-corrected chi connectivity index (χ1v) is 7.25. The van der Waals surface area contributed by atoms with E-state index >= 15 is 0 Å². The number of anilines is 1. The first-order chi connectivity index (χ1) is 10.1. The summed E-state index contributed by atoms with van der Waals surface area (Å²) in [6.45, 7) is 6.80. The molecule has 1 aromatic heterocycles. The fourth-order valence-corrected chi connectivity index (χ4v) is 2.40. The van der Waals surface area contributed by atoms with Crippen LogP contribution in [0.3, 0.4) is 0 Å². The summed E-state index contributed by atoms with van der Waals surface area (Å²) in [5.41, 5.74) is 3.00. The predicted molar refractivity (Wildman–Crippen MR) is 86.0 cm³/mol. The van der Waals surface area contributed by atoms with Gasteiger partial charge in [-0.2, -0.15) is 0 Å². The zero-order valence-electron chi connectivity index (χ0n) is 12.8. The van der Waals surface area contributed by atoms with E-state index in [9.17, 15) is 4.79 Å². The van der Waals surface area contributed by atoms with E-state index in [0.717, 1.165) is 23.7 Å². The van der Waals surface area contributed by atoms with Crippen molar-refractivity contribution in [1.82, 2.24) is 9.88 Å². The lowest BCUT2D eigenvalue weighted by Crippen LogP contribution is -2.38. The smallest absolute Gasteiger partial charge is 0.272 e. The molecule has 0 saturated heterocycles. The minimum Gasteiger partial charge on any atom is -0.335 e. The van der Waals surface area contributed by atoms with Crippen LogP contribution >= 0.6 is 0 Å². The number of pyridine rings is 1. The zero-order chi connectivity index (χ0) is 15.4. The third kappa shape index (κ3) is 3.13. The number of hydrogen-bond acceptors (Lipinski definition) is 4. The minimum atomic E-state index is -0.0610. The molecule has 0 saturated carbocycles. The Bertz CT molecular complexity index is 639. The topological polar surface area (TPSA) is 71.2 Å². The molecule has 5 heteroatoms. The van der Waals surface area contributed by atoms with E-state index in [1.54, 1.807) is 0 Å². The third-order valence-electron chi connectivity index (χ3n) is 3.44. The zero-order valence-corrected chi connectivity index (χ0v) is 12.8. The van der Waals surface area contributed by atoms with Gasteiger partial charge in [-0.25, -0.2) is 10.8 Å². The lowest BCUT2D eigenvalue weighted by molar-refractivity contribution is 0.0700. The summed E-state index contributed by atoms with van der Waals surface area (Å²) in [7, 11) is 0. The lowest BCUT2D eigenvalue weighted by atomic mass is 10.1. The number of nitrogens with two attached hydrogens (primary N) is 1. The van der Waals surface area contributed by atoms with Gasteiger partial charge in [0.05, 0.1) is 0 Å². The summed E-state index contributed by atoms with van der Waals surface area (Å²) in [5, 5.41) is 1.85. The molecule has 1 aromatic carbocycles. The molecule has 21 heavy (non-hydrogen) atoms. The number of nitrogens with zero attached hydrogens (tertiary/aromatic N) is 2. The van der Waals surface area contributed by atoms with Gasteiger partial charge in [0.2, 0.25) is 0 Å². The first kappa shape index (κ1) is 15.3. The van der Waals surface area contributed by atoms with E-state index in [0.29, 0.717) is 11.5 Å². The van der Waals surface area contributed by atoms with Gasteiger partial charge in [0, 0.05) is 18.0 Å². The van der Waals surface area contributed by atoms with Crippen LogP contribution in [0.1, 0.15) is 37.7 Å². The molecule has 0 fully saturated rings. The molecule has 0 aliphatic rings. The van der Waals surface area contributed by atoms with Crippen LogP contribution in [0.15, 0.2) is 30.3 Å². The van der Waals surface area contributed by atoms with Gasteiger partial charge in [0.25, 0.3) is 5.91 Å². The van der Waals surface area contributed by atoms with Crippen molar-refractivity contribution >= 4 is 22.5 Å². The first-order valence-electron chi connectivity index (χ1n) is 7.25. The van der Waals surface area contributed by atoms with Crippen molar-refractivity contribution in [3.8, 4) is 0 Å². The summed E-state index contributed by atoms with van der Waals surface area (Å²) in [6, 6.07) is 9.70. The molecule has 0 aliphatic carbocycles. The Balaban J connectivity index is 2.48.